The smallest absolute Gasteiger partial charge is 0.339 e. The lowest BCUT2D eigenvalue weighted by atomic mass is 9.93. The van der Waals surface area contributed by atoms with Crippen LogP contribution in [0.1, 0.15) is 39.5 Å². The van der Waals surface area contributed by atoms with Crippen molar-refractivity contribution in [2.24, 2.45) is 11.8 Å². The summed E-state index contributed by atoms with van der Waals surface area (Å²) >= 11 is 0. The molecule has 1 amide bonds. The third kappa shape index (κ3) is 4.34. The van der Waals surface area contributed by atoms with Gasteiger partial charge in [0.05, 0.1) is 12.5 Å². The largest absolute Gasteiger partial charge is 0.391 e. The van der Waals surface area contributed by atoms with E-state index in [4.69, 9.17) is 0 Å². The number of nitrogens with zero attached hydrogens (tertiary/aromatic N) is 2. The molecule has 2 aliphatic rings. The summed E-state index contributed by atoms with van der Waals surface area (Å²) in [5.74, 6) is -0.481. The van der Waals surface area contributed by atoms with E-state index in [0.717, 1.165) is 19.4 Å². The van der Waals surface area contributed by atoms with E-state index in [1.807, 2.05) is 9.80 Å². The van der Waals surface area contributed by atoms with Crippen LogP contribution in [-0.4, -0.2) is 54.1 Å². The average Bonchev–Trinajstić information content (AvgIpc) is 2.38. The predicted molar refractivity (Wildman–Crippen MR) is 74.8 cm³/mol. The van der Waals surface area contributed by atoms with Gasteiger partial charge in [-0.3, -0.25) is 9.69 Å². The van der Waals surface area contributed by atoms with E-state index in [1.54, 1.807) is 0 Å². The van der Waals surface area contributed by atoms with Crippen molar-refractivity contribution >= 4 is 5.91 Å². The summed E-state index contributed by atoms with van der Waals surface area (Å²) < 4.78 is 37.8. The Labute approximate surface area is 124 Å². The standard InChI is InChI=1S/C15H25F3N2O/c1-11-3-8-20(12(2)9-11)14(21)10-19-6-4-13(5-7-19)15(16,17)18/h11-13H,3-10H2,1-2H3/t11-,12-/m0/s1. The van der Waals surface area contributed by atoms with Gasteiger partial charge in [-0.2, -0.15) is 13.2 Å². The first kappa shape index (κ1) is 16.6. The number of hydrogen-bond donors (Lipinski definition) is 0. The molecule has 0 saturated carbocycles. The van der Waals surface area contributed by atoms with Crippen LogP contribution in [0.3, 0.4) is 0 Å². The Morgan fingerprint density at radius 1 is 1.10 bits per heavy atom. The van der Waals surface area contributed by atoms with E-state index in [9.17, 15) is 18.0 Å². The zero-order valence-electron chi connectivity index (χ0n) is 12.8. The molecule has 0 aromatic rings. The maximum Gasteiger partial charge on any atom is 0.391 e. The molecule has 2 saturated heterocycles. The summed E-state index contributed by atoms with van der Waals surface area (Å²) in [7, 11) is 0. The van der Waals surface area contributed by atoms with Crippen LogP contribution in [-0.2, 0) is 4.79 Å². The van der Waals surface area contributed by atoms with Crippen molar-refractivity contribution < 1.29 is 18.0 Å². The van der Waals surface area contributed by atoms with Crippen LogP contribution in [0, 0.1) is 11.8 Å². The molecular formula is C15H25F3N2O. The topological polar surface area (TPSA) is 23.6 Å². The average molecular weight is 306 g/mol. The van der Waals surface area contributed by atoms with Crippen LogP contribution in [0.4, 0.5) is 13.2 Å². The third-order valence-electron chi connectivity index (χ3n) is 4.87. The van der Waals surface area contributed by atoms with Crippen LogP contribution in [0.5, 0.6) is 0 Å². The first-order valence-electron chi connectivity index (χ1n) is 7.86. The first-order valence-corrected chi connectivity index (χ1v) is 7.86. The normalized spacial score (nSPS) is 29.7. The summed E-state index contributed by atoms with van der Waals surface area (Å²) in [6.07, 6.45) is -1.82. The van der Waals surface area contributed by atoms with E-state index in [0.29, 0.717) is 19.0 Å². The number of amides is 1. The predicted octanol–water partition coefficient (Wildman–Crippen LogP) is 2.91. The second-order valence-electron chi connectivity index (χ2n) is 6.66. The maximum absolute atomic E-state index is 12.6. The minimum absolute atomic E-state index is 0.0693. The van der Waals surface area contributed by atoms with Gasteiger partial charge >= 0.3 is 6.18 Å². The number of hydrogen-bond acceptors (Lipinski definition) is 2. The highest BCUT2D eigenvalue weighted by Gasteiger charge is 2.41. The monoisotopic (exact) mass is 306 g/mol. The Kier molecular flexibility index (Phi) is 5.17. The minimum Gasteiger partial charge on any atom is -0.339 e. The van der Waals surface area contributed by atoms with Crippen molar-refractivity contribution in [3.8, 4) is 0 Å². The fraction of sp³-hybridized carbons (Fsp3) is 0.933. The number of likely N-dealkylation sites (tertiary alicyclic amines) is 2. The van der Waals surface area contributed by atoms with Gasteiger partial charge in [0.15, 0.2) is 0 Å². The Hall–Kier alpha value is -0.780. The molecule has 2 heterocycles. The van der Waals surface area contributed by atoms with Crippen molar-refractivity contribution in [3.05, 3.63) is 0 Å². The van der Waals surface area contributed by atoms with Gasteiger partial charge in [-0.1, -0.05) is 6.92 Å². The number of carbonyl (C=O) groups excluding carboxylic acids is 1. The van der Waals surface area contributed by atoms with Gasteiger partial charge in [0.25, 0.3) is 0 Å². The fourth-order valence-corrected chi connectivity index (χ4v) is 3.48. The molecule has 2 aliphatic heterocycles. The second-order valence-corrected chi connectivity index (χ2v) is 6.66. The highest BCUT2D eigenvalue weighted by atomic mass is 19.4. The number of carbonyl (C=O) groups is 1. The summed E-state index contributed by atoms with van der Waals surface area (Å²) in [5, 5.41) is 0. The lowest BCUT2D eigenvalue weighted by Gasteiger charge is -2.39. The molecule has 0 bridgehead atoms. The second kappa shape index (κ2) is 6.55. The molecule has 21 heavy (non-hydrogen) atoms. The Balaban J connectivity index is 1.79. The van der Waals surface area contributed by atoms with Crippen LogP contribution in [0.25, 0.3) is 0 Å². The molecule has 0 N–H and O–H groups in total. The molecule has 122 valence electrons. The van der Waals surface area contributed by atoms with Crippen LogP contribution in [0.2, 0.25) is 0 Å². The molecule has 0 aromatic carbocycles. The van der Waals surface area contributed by atoms with Crippen LogP contribution in [0.15, 0.2) is 0 Å². The Bertz CT molecular complexity index is 364. The Morgan fingerprint density at radius 3 is 2.24 bits per heavy atom. The van der Waals surface area contributed by atoms with E-state index >= 15 is 0 Å². The lowest BCUT2D eigenvalue weighted by molar-refractivity contribution is -0.185. The highest BCUT2D eigenvalue weighted by molar-refractivity contribution is 5.78. The minimum atomic E-state index is -4.09. The zero-order valence-corrected chi connectivity index (χ0v) is 12.8. The first-order chi connectivity index (χ1) is 9.77. The SMILES string of the molecule is C[C@H]1CCN(C(=O)CN2CCC(C(F)(F)F)CC2)[C@@H](C)C1. The third-order valence-corrected chi connectivity index (χ3v) is 4.87. The molecule has 2 atom stereocenters. The van der Waals surface area contributed by atoms with Gasteiger partial charge in [-0.05, 0) is 51.6 Å². The summed E-state index contributed by atoms with van der Waals surface area (Å²) in [4.78, 5) is 16.1. The van der Waals surface area contributed by atoms with Crippen molar-refractivity contribution in [2.75, 3.05) is 26.2 Å². The van der Waals surface area contributed by atoms with Gasteiger partial charge < -0.3 is 4.90 Å². The van der Waals surface area contributed by atoms with Crippen molar-refractivity contribution in [1.29, 1.82) is 0 Å². The van der Waals surface area contributed by atoms with E-state index in [1.165, 1.54) is 0 Å². The summed E-state index contributed by atoms with van der Waals surface area (Å²) in [5.41, 5.74) is 0. The molecular weight excluding hydrogens is 281 g/mol. The fourth-order valence-electron chi connectivity index (χ4n) is 3.48. The van der Waals surface area contributed by atoms with E-state index in [2.05, 4.69) is 13.8 Å². The number of rotatable bonds is 2. The lowest BCUT2D eigenvalue weighted by Crippen LogP contribution is -2.50. The molecule has 0 unspecified atom stereocenters. The van der Waals surface area contributed by atoms with E-state index in [-0.39, 0.29) is 31.3 Å². The molecule has 2 rings (SSSR count). The molecule has 0 radical (unpaired) electrons. The molecule has 3 nitrogen and oxygen atoms in total. The number of alkyl halides is 3. The van der Waals surface area contributed by atoms with Gasteiger partial charge in [0, 0.05) is 12.6 Å². The van der Waals surface area contributed by atoms with Crippen molar-refractivity contribution in [3.63, 3.8) is 0 Å². The molecule has 6 heteroatoms. The van der Waals surface area contributed by atoms with Gasteiger partial charge in [-0.25, -0.2) is 0 Å². The highest BCUT2D eigenvalue weighted by Crippen LogP contribution is 2.34. The van der Waals surface area contributed by atoms with Crippen LogP contribution >= 0.6 is 0 Å². The summed E-state index contributed by atoms with van der Waals surface area (Å²) in [6.45, 7) is 6.04. The zero-order chi connectivity index (χ0) is 15.6. The maximum atomic E-state index is 12.6. The summed E-state index contributed by atoms with van der Waals surface area (Å²) in [6, 6.07) is 0.244. The molecule has 2 fully saturated rings. The van der Waals surface area contributed by atoms with Crippen molar-refractivity contribution in [2.45, 2.75) is 51.7 Å². The van der Waals surface area contributed by atoms with Crippen molar-refractivity contribution in [1.82, 2.24) is 9.80 Å². The number of halogens is 3. The molecule has 0 aliphatic carbocycles. The van der Waals surface area contributed by atoms with Gasteiger partial charge in [0.2, 0.25) is 5.91 Å². The number of piperidine rings is 2. The van der Waals surface area contributed by atoms with Crippen LogP contribution < -0.4 is 0 Å². The molecule has 0 aromatic heterocycles. The van der Waals surface area contributed by atoms with Gasteiger partial charge in [-0.15, -0.1) is 0 Å². The van der Waals surface area contributed by atoms with E-state index < -0.39 is 12.1 Å². The van der Waals surface area contributed by atoms with Gasteiger partial charge in [0.1, 0.15) is 0 Å². The molecule has 0 spiro atoms. The Morgan fingerprint density at radius 2 is 1.71 bits per heavy atom. The quantitative estimate of drug-likeness (QED) is 0.783.